The van der Waals surface area contributed by atoms with Gasteiger partial charge >= 0.3 is 0 Å². The summed E-state index contributed by atoms with van der Waals surface area (Å²) in [6.45, 7) is 11.2. The summed E-state index contributed by atoms with van der Waals surface area (Å²) >= 11 is 0. The van der Waals surface area contributed by atoms with Crippen molar-refractivity contribution in [2.45, 2.75) is 123 Å². The first-order valence-electron chi connectivity index (χ1n) is 18.9. The second-order valence-electron chi connectivity index (χ2n) is 15.9. The quantitative estimate of drug-likeness (QED) is 0.279. The van der Waals surface area contributed by atoms with Crippen LogP contribution in [0.25, 0.3) is 0 Å². The van der Waals surface area contributed by atoms with Gasteiger partial charge in [0.25, 0.3) is 0 Å². The summed E-state index contributed by atoms with van der Waals surface area (Å²) in [5.41, 5.74) is 0.0977. The minimum Gasteiger partial charge on any atom is -0.390 e. The van der Waals surface area contributed by atoms with Crippen LogP contribution in [-0.2, 0) is 0 Å². The molecule has 0 amide bonds. The molecule has 8 atom stereocenters. The number of fused-ring (bicyclic) bond motifs is 5. The van der Waals surface area contributed by atoms with Gasteiger partial charge in [0.2, 0.25) is 0 Å². The van der Waals surface area contributed by atoms with Crippen molar-refractivity contribution in [1.82, 2.24) is 0 Å². The molecule has 4 aliphatic rings. The van der Waals surface area contributed by atoms with Crippen molar-refractivity contribution in [2.24, 2.45) is 40.4 Å². The third-order valence-corrected chi connectivity index (χ3v) is 11.9. The van der Waals surface area contributed by atoms with E-state index in [4.69, 9.17) is 22.8 Å². The lowest BCUT2D eigenvalue weighted by atomic mass is 9.44. The van der Waals surface area contributed by atoms with Crippen LogP contribution in [-0.4, -0.2) is 21.4 Å². The van der Waals surface area contributed by atoms with Crippen LogP contribution in [0.4, 0.5) is 0 Å². The smallest absolute Gasteiger partial charge is 0.0622 e. The second-order valence-corrected chi connectivity index (χ2v) is 15.9. The van der Waals surface area contributed by atoms with Crippen molar-refractivity contribution in [2.75, 3.05) is 0 Å². The van der Waals surface area contributed by atoms with Crippen LogP contribution >= 0.6 is 0 Å². The molecule has 0 spiro atoms. The third kappa shape index (κ3) is 14.9. The third-order valence-electron chi connectivity index (χ3n) is 11.9. The lowest BCUT2D eigenvalue weighted by Gasteiger charge is -2.62. The molecule has 2 N–H and O–H groups in total. The highest BCUT2D eigenvalue weighted by molar-refractivity contribution is 5.48. The predicted octanol–water partition coefficient (Wildman–Crippen LogP) is 12.1. The van der Waals surface area contributed by atoms with Crippen molar-refractivity contribution in [1.29, 1.82) is 0 Å². The monoisotopic (exact) mass is 781 g/mol. The van der Waals surface area contributed by atoms with Crippen LogP contribution < -0.4 is 0 Å². The zero-order valence-corrected chi connectivity index (χ0v) is 33.2. The van der Waals surface area contributed by atoms with Crippen molar-refractivity contribution in [3.63, 3.8) is 0 Å². The fourth-order valence-corrected chi connectivity index (χ4v) is 9.49. The average molecular weight is 781 g/mol. The van der Waals surface area contributed by atoms with Gasteiger partial charge in [0.1, 0.15) is 0 Å². The first-order chi connectivity index (χ1) is 26.9. The van der Waals surface area contributed by atoms with Gasteiger partial charge in [-0.1, -0.05) is 20.3 Å². The zero-order valence-electron chi connectivity index (χ0n) is 33.2. The minimum atomic E-state index is -0.508. The summed E-state index contributed by atoms with van der Waals surface area (Å²) in [5.74, 6) is 62.6. The second kappa shape index (κ2) is 23.6. The molecule has 56 heavy (non-hydrogen) atoms. The first-order valence-corrected chi connectivity index (χ1v) is 18.9. The Hall–Kier alpha value is -6.20. The summed E-state index contributed by atoms with van der Waals surface area (Å²) in [4.78, 5) is 14.0. The molecule has 0 heterocycles. The Morgan fingerprint density at radius 3 is 1.39 bits per heavy atom. The van der Waals surface area contributed by atoms with Gasteiger partial charge < -0.3 is 10.2 Å². The Kier molecular flexibility index (Phi) is 19.3. The van der Waals surface area contributed by atoms with E-state index >= 15 is 0 Å². The molecular weight excluding hydrogens is 689 g/mol. The van der Waals surface area contributed by atoms with Gasteiger partial charge in [0.15, 0.2) is 0 Å². The van der Waals surface area contributed by atoms with Crippen LogP contribution in [0.15, 0.2) is 0 Å². The number of hydrogen-bond acceptors (Lipinski definition) is 4. The van der Waals surface area contributed by atoms with Gasteiger partial charge in [-0.25, -0.2) is 0 Å². The number of terminal acetylenes is 2. The van der Waals surface area contributed by atoms with Crippen molar-refractivity contribution < 1.29 is 41.6 Å². The number of aliphatic hydroxyl groups is 2. The fraction of sp³-hybridized carbons (Fsp3) is 0.500. The Morgan fingerprint density at radius 1 is 0.571 bits per heavy atom. The summed E-state index contributed by atoms with van der Waals surface area (Å²) in [5, 5.41) is 20.8. The molecule has 0 aromatic heterocycles. The van der Waals surface area contributed by atoms with Gasteiger partial charge in [-0.05, 0) is 227 Å². The van der Waals surface area contributed by atoms with E-state index in [0.29, 0.717) is 10.8 Å². The largest absolute Gasteiger partial charge is 0.390 e. The minimum absolute atomic E-state index is 0. The molecule has 0 saturated heterocycles. The van der Waals surface area contributed by atoms with Crippen LogP contribution in [0.5, 0.6) is 0 Å². The molecule has 4 aliphatic carbocycles. The molecule has 0 radical (unpaired) electrons. The van der Waals surface area contributed by atoms with E-state index in [0.717, 1.165) is 48.9 Å². The van der Waals surface area contributed by atoms with E-state index in [1.54, 1.807) is 0 Å². The highest BCUT2D eigenvalue weighted by Crippen LogP contribution is 2.68. The Bertz CT molecular complexity index is 2190. The van der Waals surface area contributed by atoms with Crippen molar-refractivity contribution in [3.8, 4) is 155 Å². The van der Waals surface area contributed by atoms with E-state index in [-0.39, 0.29) is 31.4 Å². The van der Waals surface area contributed by atoms with E-state index in [1.165, 1.54) is 57.8 Å². The van der Waals surface area contributed by atoms with Crippen molar-refractivity contribution >= 4 is 0 Å². The predicted molar refractivity (Wildman–Crippen MR) is 272 cm³/mol. The Labute approximate surface area is 370 Å². The summed E-state index contributed by atoms with van der Waals surface area (Å²) < 4.78 is 0. The van der Waals surface area contributed by atoms with Crippen LogP contribution in [0.3, 0.4) is 0 Å². The van der Waals surface area contributed by atoms with Crippen molar-refractivity contribution in [3.05, 3.63) is 9.93 Å². The maximum atomic E-state index is 10.7. The van der Waals surface area contributed by atoms with E-state index in [1.807, 2.05) is 13.8 Å². The fourth-order valence-electron chi connectivity index (χ4n) is 9.49. The van der Waals surface area contributed by atoms with E-state index in [9.17, 15) is 10.2 Å². The number of rotatable bonds is 4. The van der Waals surface area contributed by atoms with Gasteiger partial charge in [-0.15, -0.1) is 12.8 Å². The van der Waals surface area contributed by atoms with Crippen LogP contribution in [0, 0.1) is 205 Å². The molecular formula is C52H92O4. The van der Waals surface area contributed by atoms with E-state index in [2.05, 4.69) is 163 Å². The molecule has 0 aromatic carbocycles. The molecule has 0 aromatic rings. The molecule has 4 heteroatoms. The van der Waals surface area contributed by atoms with Crippen LogP contribution in [0.2, 0.25) is 0 Å². The lowest BCUT2D eigenvalue weighted by Crippen LogP contribution is -2.55. The molecule has 4 saturated carbocycles. The summed E-state index contributed by atoms with van der Waals surface area (Å²) in [6, 6.07) is 0. The standard InChI is InChI=1S/C26H46O2.C26H2.O2.22H2/c1-23(2,27)13-6-7-18-9-11-21-20-10-8-19-17-24(3,28)15-16-26(19,5)22(20)12-14-25(18,21)4;1-3-5-7-9-11-13-15-17-19-21-23-25-26-24-22-20-18-16-14-12-10-8-6-4-2;1-2;;;;;;;;;;;;;;;;;;;;;;/h18-22,27-28H,6-17H2,1-5H3;1-2H;;22*1H/t18-,19-,20?,21?,22?,24-,25+,26-;;;;;;;;;;;;;;;;;;;;;;;;/m0......................../s1. The lowest BCUT2D eigenvalue weighted by molar-refractivity contribution is -0.146. The van der Waals surface area contributed by atoms with Gasteiger partial charge in [-0.3, -0.25) is 0 Å². The zero-order chi connectivity index (χ0) is 41.3. The van der Waals surface area contributed by atoms with Gasteiger partial charge in [0, 0.05) is 88.7 Å². The first kappa shape index (κ1) is 46.0. The van der Waals surface area contributed by atoms with Gasteiger partial charge in [0.05, 0.1) is 11.2 Å². The average Bonchev–Trinajstić information content (AvgIpc) is 3.50. The molecule has 0 bridgehead atoms. The summed E-state index contributed by atoms with van der Waals surface area (Å²) in [6.07, 6.45) is 25.0. The molecule has 4 rings (SSSR count). The van der Waals surface area contributed by atoms with Crippen LogP contribution in [0.1, 0.15) is 143 Å². The Morgan fingerprint density at radius 2 is 0.982 bits per heavy atom. The van der Waals surface area contributed by atoms with E-state index < -0.39 is 11.2 Å². The number of hydrogen-bond donors (Lipinski definition) is 2. The molecule has 4 fully saturated rings. The maximum absolute atomic E-state index is 10.7. The maximum Gasteiger partial charge on any atom is 0.0622 e. The SMILES string of the molecule is C#CC#CC#CC#CC#CC#CC#CC#CC#CC#CC#CC#CC#C.CC(C)(O)CCC[C@H]1CCC2C3CC[C@H]4C[C@@](C)(O)CC[C@]4(C)C3CC[C@@]21C.O=O.[HH].[HH].[HH].[HH].[HH].[HH].[HH].[HH].[HH].[HH].[HH].[HH].[HH].[HH].[HH].[HH].[HH].[HH].[HH].[HH].[HH].[HH]. The topological polar surface area (TPSA) is 74.6 Å². The highest BCUT2D eigenvalue weighted by Gasteiger charge is 2.60. The van der Waals surface area contributed by atoms with Gasteiger partial charge in [-0.2, -0.15) is 0 Å². The summed E-state index contributed by atoms with van der Waals surface area (Å²) in [7, 11) is 0. The molecule has 3 unspecified atom stereocenters. The normalized spacial score (nSPS) is 27.5. The Balaban J connectivity index is -0.0000000334. The molecule has 4 nitrogen and oxygen atoms in total. The highest BCUT2D eigenvalue weighted by atomic mass is 16.7. The molecule has 0 aliphatic heterocycles. The molecule has 324 valence electrons.